The van der Waals surface area contributed by atoms with Crippen molar-refractivity contribution in [2.45, 2.75) is 6.54 Å². The first-order valence-corrected chi connectivity index (χ1v) is 10.8. The van der Waals surface area contributed by atoms with Crippen LogP contribution in [-0.2, 0) is 6.54 Å². The molecule has 0 fully saturated rings. The number of fused-ring (bicyclic) bond motifs is 1. The van der Waals surface area contributed by atoms with E-state index < -0.39 is 5.56 Å². The summed E-state index contributed by atoms with van der Waals surface area (Å²) in [6.07, 6.45) is 1.53. The second kappa shape index (κ2) is 9.94. The Balaban J connectivity index is 1.53. The van der Waals surface area contributed by atoms with Gasteiger partial charge >= 0.3 is 6.01 Å². The summed E-state index contributed by atoms with van der Waals surface area (Å²) in [7, 11) is 1.44. The first-order valence-electron chi connectivity index (χ1n) is 10.1. The predicted octanol–water partition coefficient (Wildman–Crippen LogP) is 4.65. The number of H-pyrrole nitrogens is 1. The second-order valence-corrected chi connectivity index (χ2v) is 8.13. The third-order valence-electron chi connectivity index (χ3n) is 4.94. The van der Waals surface area contributed by atoms with E-state index in [1.165, 1.54) is 13.3 Å². The number of nitrogens with zero attached hydrogens (tertiary/aromatic N) is 2. The molecule has 0 saturated carbocycles. The van der Waals surface area contributed by atoms with E-state index >= 15 is 0 Å². The van der Waals surface area contributed by atoms with Crippen molar-refractivity contribution < 1.29 is 9.53 Å². The summed E-state index contributed by atoms with van der Waals surface area (Å²) >= 11 is 12.3. The number of pyridine rings is 1. The van der Waals surface area contributed by atoms with Crippen LogP contribution in [0.3, 0.4) is 0 Å². The van der Waals surface area contributed by atoms with Gasteiger partial charge in [-0.05, 0) is 42.0 Å². The molecule has 3 N–H and O–H groups in total. The van der Waals surface area contributed by atoms with E-state index in [1.807, 2.05) is 12.1 Å². The zero-order valence-electron chi connectivity index (χ0n) is 18.0. The first kappa shape index (κ1) is 23.3. The summed E-state index contributed by atoms with van der Waals surface area (Å²) in [4.78, 5) is 36.1. The third kappa shape index (κ3) is 5.19. The molecule has 34 heavy (non-hydrogen) atoms. The highest BCUT2D eigenvalue weighted by Crippen LogP contribution is 2.26. The summed E-state index contributed by atoms with van der Waals surface area (Å²) in [5.41, 5.74) is 2.17. The van der Waals surface area contributed by atoms with Crippen LogP contribution in [0.4, 0.5) is 5.69 Å². The van der Waals surface area contributed by atoms with Crippen LogP contribution in [0.15, 0.2) is 66.1 Å². The monoisotopic (exact) mass is 495 g/mol. The van der Waals surface area contributed by atoms with Gasteiger partial charge in [0, 0.05) is 34.4 Å². The second-order valence-electron chi connectivity index (χ2n) is 7.28. The SMILES string of the molecule is C=C(Nc1cc(C(=O)NCc2cccc(Cl)c2)ccc1Cl)c1cc2cnc(OC)nc2[nH]c1=O. The number of carbonyl (C=O) groups excluding carboxylic acids is 1. The fourth-order valence-electron chi connectivity index (χ4n) is 3.22. The molecule has 0 saturated heterocycles. The lowest BCUT2D eigenvalue weighted by atomic mass is 10.1. The zero-order chi connectivity index (χ0) is 24.2. The maximum atomic E-state index is 12.7. The largest absolute Gasteiger partial charge is 0.467 e. The van der Waals surface area contributed by atoms with E-state index in [1.54, 1.807) is 36.4 Å². The molecule has 0 aliphatic heterocycles. The summed E-state index contributed by atoms with van der Waals surface area (Å²) < 4.78 is 4.98. The Morgan fingerprint density at radius 2 is 2.00 bits per heavy atom. The molecule has 1 amide bonds. The lowest BCUT2D eigenvalue weighted by Gasteiger charge is -2.13. The normalized spacial score (nSPS) is 10.7. The molecular weight excluding hydrogens is 477 g/mol. The zero-order valence-corrected chi connectivity index (χ0v) is 19.5. The Morgan fingerprint density at radius 3 is 2.76 bits per heavy atom. The van der Waals surface area contributed by atoms with Gasteiger partial charge in [-0.2, -0.15) is 4.98 Å². The average Bonchev–Trinajstić information content (AvgIpc) is 2.83. The molecule has 0 atom stereocenters. The molecule has 2 aromatic carbocycles. The van der Waals surface area contributed by atoms with Crippen LogP contribution >= 0.6 is 23.2 Å². The van der Waals surface area contributed by atoms with Crippen molar-refractivity contribution in [2.24, 2.45) is 0 Å². The van der Waals surface area contributed by atoms with Crippen LogP contribution < -0.4 is 20.9 Å². The van der Waals surface area contributed by atoms with Gasteiger partial charge in [0.05, 0.1) is 23.4 Å². The average molecular weight is 496 g/mol. The summed E-state index contributed by atoms with van der Waals surface area (Å²) in [6, 6.07) is 13.8. The number of anilines is 1. The molecule has 2 aromatic heterocycles. The van der Waals surface area contributed by atoms with Crippen LogP contribution in [0.2, 0.25) is 10.0 Å². The highest BCUT2D eigenvalue weighted by atomic mass is 35.5. The number of hydrogen-bond acceptors (Lipinski definition) is 6. The minimum absolute atomic E-state index is 0.144. The minimum Gasteiger partial charge on any atom is -0.467 e. The van der Waals surface area contributed by atoms with Gasteiger partial charge in [0.2, 0.25) is 0 Å². The standard InChI is InChI=1S/C24H19Cl2N5O3/c1-13(18-9-16-12-28-24(34-2)31-21(16)30-23(18)33)29-20-10-15(6-7-19(20)26)22(32)27-11-14-4-3-5-17(25)8-14/h3-10,12,29H,1,11H2,2H3,(H,27,32)(H,28,30,31,33). The van der Waals surface area contributed by atoms with Crippen molar-refractivity contribution in [1.82, 2.24) is 20.3 Å². The molecule has 0 aliphatic rings. The van der Waals surface area contributed by atoms with Gasteiger partial charge < -0.3 is 20.4 Å². The lowest BCUT2D eigenvalue weighted by Crippen LogP contribution is -2.23. The van der Waals surface area contributed by atoms with Crippen molar-refractivity contribution >= 4 is 51.5 Å². The third-order valence-corrected chi connectivity index (χ3v) is 5.50. The lowest BCUT2D eigenvalue weighted by molar-refractivity contribution is 0.0951. The van der Waals surface area contributed by atoms with Crippen molar-refractivity contribution in [3.8, 4) is 6.01 Å². The maximum Gasteiger partial charge on any atom is 0.318 e. The molecule has 0 unspecified atom stereocenters. The molecule has 8 nitrogen and oxygen atoms in total. The van der Waals surface area contributed by atoms with Crippen molar-refractivity contribution in [1.29, 1.82) is 0 Å². The molecule has 0 radical (unpaired) electrons. The Labute approximate surface area is 204 Å². The van der Waals surface area contributed by atoms with Gasteiger partial charge in [0.15, 0.2) is 0 Å². The molecule has 4 aromatic rings. The summed E-state index contributed by atoms with van der Waals surface area (Å²) in [5, 5.41) is 7.41. The summed E-state index contributed by atoms with van der Waals surface area (Å²) in [6.45, 7) is 4.27. The van der Waals surface area contributed by atoms with E-state index in [9.17, 15) is 9.59 Å². The van der Waals surface area contributed by atoms with Gasteiger partial charge in [-0.3, -0.25) is 9.59 Å². The van der Waals surface area contributed by atoms with E-state index in [0.717, 1.165) is 5.56 Å². The van der Waals surface area contributed by atoms with Crippen molar-refractivity contribution in [2.75, 3.05) is 12.4 Å². The van der Waals surface area contributed by atoms with Crippen molar-refractivity contribution in [3.63, 3.8) is 0 Å². The molecule has 172 valence electrons. The van der Waals surface area contributed by atoms with Crippen LogP contribution in [-0.4, -0.2) is 28.0 Å². The topological polar surface area (TPSA) is 109 Å². The number of benzene rings is 2. The van der Waals surface area contributed by atoms with Crippen LogP contribution in [0.5, 0.6) is 6.01 Å². The number of methoxy groups -OCH3 is 1. The Hall–Kier alpha value is -3.88. The van der Waals surface area contributed by atoms with E-state index in [2.05, 4.69) is 32.2 Å². The Bertz CT molecular complexity index is 1470. The Kier molecular flexibility index (Phi) is 6.81. The Morgan fingerprint density at radius 1 is 1.18 bits per heavy atom. The highest BCUT2D eigenvalue weighted by molar-refractivity contribution is 6.33. The number of carbonyl (C=O) groups is 1. The van der Waals surface area contributed by atoms with Crippen molar-refractivity contribution in [3.05, 3.63) is 98.4 Å². The van der Waals surface area contributed by atoms with Crippen LogP contribution in [0.1, 0.15) is 21.5 Å². The van der Waals surface area contributed by atoms with Gasteiger partial charge in [0.1, 0.15) is 5.65 Å². The molecule has 0 aliphatic carbocycles. The number of halogens is 2. The van der Waals surface area contributed by atoms with Gasteiger partial charge in [-0.1, -0.05) is 41.9 Å². The smallest absolute Gasteiger partial charge is 0.318 e. The highest BCUT2D eigenvalue weighted by Gasteiger charge is 2.13. The quantitative estimate of drug-likeness (QED) is 0.344. The molecule has 2 heterocycles. The van der Waals surface area contributed by atoms with E-state index in [4.69, 9.17) is 27.9 Å². The molecule has 4 rings (SSSR count). The molecule has 0 bridgehead atoms. The van der Waals surface area contributed by atoms with Gasteiger partial charge in [-0.15, -0.1) is 0 Å². The van der Waals surface area contributed by atoms with Crippen LogP contribution in [0.25, 0.3) is 16.7 Å². The number of aromatic nitrogens is 3. The van der Waals surface area contributed by atoms with Gasteiger partial charge in [0.25, 0.3) is 11.5 Å². The minimum atomic E-state index is -0.405. The van der Waals surface area contributed by atoms with Gasteiger partial charge in [-0.25, -0.2) is 4.98 Å². The van der Waals surface area contributed by atoms with Crippen LogP contribution in [0, 0.1) is 0 Å². The number of aromatic amines is 1. The maximum absolute atomic E-state index is 12.7. The first-order chi connectivity index (χ1) is 16.3. The number of amides is 1. The van der Waals surface area contributed by atoms with E-state index in [0.29, 0.717) is 38.9 Å². The molecular formula is C24H19Cl2N5O3. The molecule has 10 heteroatoms. The number of ether oxygens (including phenoxy) is 1. The fraction of sp³-hybridized carbons (Fsp3) is 0.0833. The number of hydrogen-bond donors (Lipinski definition) is 3. The van der Waals surface area contributed by atoms with E-state index in [-0.39, 0.29) is 23.2 Å². The molecule has 0 spiro atoms. The predicted molar refractivity (Wildman–Crippen MR) is 133 cm³/mol. The summed E-state index contributed by atoms with van der Waals surface area (Å²) in [5.74, 6) is -0.292. The number of rotatable bonds is 7. The number of nitrogens with one attached hydrogen (secondary N) is 3. The fourth-order valence-corrected chi connectivity index (χ4v) is 3.60.